The highest BCUT2D eigenvalue weighted by Gasteiger charge is 2.56. The molecule has 13 heteroatoms. The van der Waals surface area contributed by atoms with Crippen LogP contribution in [0.2, 0.25) is 0 Å². The Morgan fingerprint density at radius 1 is 1.12 bits per heavy atom. The van der Waals surface area contributed by atoms with Crippen molar-refractivity contribution in [2.45, 2.75) is 70.2 Å². The van der Waals surface area contributed by atoms with Crippen LogP contribution in [0.1, 0.15) is 42.3 Å². The summed E-state index contributed by atoms with van der Waals surface area (Å²) in [6.45, 7) is 4.71. The molecule has 2 aromatic carbocycles. The zero-order chi connectivity index (χ0) is 30.6. The molecule has 0 amide bonds. The lowest BCUT2D eigenvalue weighted by atomic mass is 9.97. The van der Waals surface area contributed by atoms with E-state index in [1.807, 2.05) is 19.9 Å². The number of carbonyl (C=O) groups is 1. The largest absolute Gasteiger partial charge is 0.508 e. The number of hydrogen-bond donors (Lipinski definition) is 4. The van der Waals surface area contributed by atoms with E-state index in [9.17, 15) is 29.6 Å². The van der Waals surface area contributed by atoms with E-state index in [2.05, 4.69) is 5.10 Å². The molecule has 0 radical (unpaired) electrons. The minimum absolute atomic E-state index is 0.0130. The molecule has 0 saturated carbocycles. The molecule has 1 aromatic heterocycles. The molecule has 42 heavy (non-hydrogen) atoms. The maximum Gasteiger partial charge on any atom is 0.508 e. The van der Waals surface area contributed by atoms with E-state index in [-0.39, 0.29) is 30.5 Å². The Kier molecular flexibility index (Phi) is 9.69. The summed E-state index contributed by atoms with van der Waals surface area (Å²) in [5.74, 6) is -3.35. The lowest BCUT2D eigenvalue weighted by molar-refractivity contribution is -0.423. The van der Waals surface area contributed by atoms with Gasteiger partial charge in [-0.1, -0.05) is 36.4 Å². The van der Waals surface area contributed by atoms with Gasteiger partial charge in [-0.05, 0) is 38.0 Å². The van der Waals surface area contributed by atoms with Crippen molar-refractivity contribution in [2.24, 2.45) is 0 Å². The molecule has 1 saturated heterocycles. The molecule has 1 aliphatic heterocycles. The van der Waals surface area contributed by atoms with Gasteiger partial charge in [-0.25, -0.2) is 9.18 Å². The van der Waals surface area contributed by atoms with Crippen molar-refractivity contribution in [1.29, 1.82) is 0 Å². The summed E-state index contributed by atoms with van der Waals surface area (Å²) < 4.78 is 42.6. The minimum Gasteiger partial charge on any atom is -0.497 e. The van der Waals surface area contributed by atoms with E-state index in [0.717, 1.165) is 0 Å². The Morgan fingerprint density at radius 2 is 1.83 bits per heavy atom. The van der Waals surface area contributed by atoms with E-state index in [0.29, 0.717) is 22.6 Å². The highest BCUT2D eigenvalue weighted by molar-refractivity contribution is 5.59. The molecule has 1 aliphatic rings. The predicted molar refractivity (Wildman–Crippen MR) is 144 cm³/mol. The monoisotopic (exact) mass is 590 g/mol. The van der Waals surface area contributed by atoms with Crippen molar-refractivity contribution >= 4 is 6.16 Å². The molecule has 0 unspecified atom stereocenters. The summed E-state index contributed by atoms with van der Waals surface area (Å²) in [5, 5.41) is 47.3. The summed E-state index contributed by atoms with van der Waals surface area (Å²) in [4.78, 5) is 12.1. The molecule has 0 bridgehead atoms. The third-order valence-corrected chi connectivity index (χ3v) is 6.91. The van der Waals surface area contributed by atoms with Crippen molar-refractivity contribution in [3.8, 4) is 11.6 Å². The zero-order valence-corrected chi connectivity index (χ0v) is 23.6. The van der Waals surface area contributed by atoms with Crippen LogP contribution in [0.5, 0.6) is 11.6 Å². The number of aliphatic hydroxyl groups is 4. The van der Waals surface area contributed by atoms with Crippen LogP contribution in [-0.2, 0) is 27.2 Å². The van der Waals surface area contributed by atoms with Gasteiger partial charge in [0.1, 0.15) is 43.1 Å². The van der Waals surface area contributed by atoms with Crippen LogP contribution in [0.4, 0.5) is 9.18 Å². The van der Waals surface area contributed by atoms with E-state index >= 15 is 0 Å². The second kappa shape index (κ2) is 13.0. The van der Waals surface area contributed by atoms with Gasteiger partial charge in [0.25, 0.3) is 0 Å². The average Bonchev–Trinajstić information content (AvgIpc) is 3.27. The molecule has 0 aliphatic carbocycles. The molecule has 5 atom stereocenters. The van der Waals surface area contributed by atoms with Gasteiger partial charge in [0, 0.05) is 29.8 Å². The summed E-state index contributed by atoms with van der Waals surface area (Å²) in [6.07, 6.45) is -8.53. The Hall–Kier alpha value is -3.75. The second-order valence-corrected chi connectivity index (χ2v) is 10.2. The summed E-state index contributed by atoms with van der Waals surface area (Å²) in [5.41, 5.74) is 1.95. The van der Waals surface area contributed by atoms with Crippen LogP contribution < -0.4 is 9.47 Å². The SMILES string of the molecule is COc1ccc(Cc2c(O[C@@]3(O)O[C@H](COC(=O)OCc4ccccc4)[C@@H](O)[C@H](O)[C@H]3O)nn(C(C)C)c2C)c(F)c1. The third kappa shape index (κ3) is 6.82. The standard InChI is InChI=1S/C29H35FN2O10/c1-16(2)32-17(3)21(12-19-10-11-20(38-4)13-22(19)30)27(31-32)42-29(37)26(35)25(34)24(33)23(41-29)15-40-28(36)39-14-18-8-6-5-7-9-18/h5-11,13,16,23-26,33-35,37H,12,14-15H2,1-4H3/t23-,24-,25+,26-,29+/m1/s1. The number of nitrogens with zero attached hydrogens (tertiary/aromatic N) is 2. The molecule has 2 heterocycles. The van der Waals surface area contributed by atoms with Crippen LogP contribution >= 0.6 is 0 Å². The Labute approximate surface area is 241 Å². The fourth-order valence-electron chi connectivity index (χ4n) is 4.55. The minimum atomic E-state index is -2.93. The molecular weight excluding hydrogens is 555 g/mol. The number of ether oxygens (including phenoxy) is 5. The highest BCUT2D eigenvalue weighted by Crippen LogP contribution is 2.35. The van der Waals surface area contributed by atoms with Crippen LogP contribution in [0.25, 0.3) is 0 Å². The van der Waals surface area contributed by atoms with Gasteiger partial charge in [-0.15, -0.1) is 5.10 Å². The van der Waals surface area contributed by atoms with Crippen LogP contribution in [0, 0.1) is 12.7 Å². The first-order valence-electron chi connectivity index (χ1n) is 13.3. The predicted octanol–water partition coefficient (Wildman–Crippen LogP) is 2.37. The fraction of sp³-hybridized carbons (Fsp3) is 0.448. The van der Waals surface area contributed by atoms with Gasteiger partial charge in [0.15, 0.2) is 6.10 Å². The topological polar surface area (TPSA) is 162 Å². The highest BCUT2D eigenvalue weighted by atomic mass is 19.1. The smallest absolute Gasteiger partial charge is 0.497 e. The zero-order valence-electron chi connectivity index (χ0n) is 23.6. The number of aromatic nitrogens is 2. The Morgan fingerprint density at radius 3 is 2.48 bits per heavy atom. The first-order chi connectivity index (χ1) is 19.9. The van der Waals surface area contributed by atoms with Crippen molar-refractivity contribution in [3.05, 3.63) is 76.7 Å². The number of carbonyl (C=O) groups excluding carboxylic acids is 1. The molecule has 228 valence electrons. The van der Waals surface area contributed by atoms with Crippen LogP contribution in [0.15, 0.2) is 48.5 Å². The van der Waals surface area contributed by atoms with Crippen molar-refractivity contribution < 1.29 is 53.3 Å². The molecule has 0 spiro atoms. The molecule has 4 N–H and O–H groups in total. The first kappa shape index (κ1) is 31.2. The molecule has 1 fully saturated rings. The van der Waals surface area contributed by atoms with Gasteiger partial charge >= 0.3 is 12.1 Å². The van der Waals surface area contributed by atoms with Gasteiger partial charge in [-0.3, -0.25) is 4.68 Å². The average molecular weight is 591 g/mol. The Bertz CT molecular complexity index is 1370. The summed E-state index contributed by atoms with van der Waals surface area (Å²) >= 11 is 0. The number of rotatable bonds is 10. The first-order valence-corrected chi connectivity index (χ1v) is 13.3. The number of methoxy groups -OCH3 is 1. The second-order valence-electron chi connectivity index (χ2n) is 10.2. The number of benzene rings is 2. The van der Waals surface area contributed by atoms with Gasteiger partial charge in [-0.2, -0.15) is 0 Å². The molecule has 12 nitrogen and oxygen atoms in total. The molecule has 4 rings (SSSR count). The molecule has 3 aromatic rings. The number of aliphatic hydroxyl groups excluding tert-OH is 3. The van der Waals surface area contributed by atoms with E-state index in [1.54, 1.807) is 41.9 Å². The van der Waals surface area contributed by atoms with Gasteiger partial charge in [0.05, 0.1) is 7.11 Å². The third-order valence-electron chi connectivity index (χ3n) is 6.91. The summed E-state index contributed by atoms with van der Waals surface area (Å²) in [7, 11) is 1.42. The molecular formula is C29H35FN2O10. The van der Waals surface area contributed by atoms with E-state index < -0.39 is 49.0 Å². The quantitative estimate of drug-likeness (QED) is 0.203. The van der Waals surface area contributed by atoms with Crippen molar-refractivity contribution in [3.63, 3.8) is 0 Å². The van der Waals surface area contributed by atoms with Gasteiger partial charge < -0.3 is 44.1 Å². The van der Waals surface area contributed by atoms with Crippen molar-refractivity contribution in [2.75, 3.05) is 13.7 Å². The van der Waals surface area contributed by atoms with E-state index in [4.69, 9.17) is 23.7 Å². The maximum atomic E-state index is 14.8. The van der Waals surface area contributed by atoms with Crippen molar-refractivity contribution in [1.82, 2.24) is 9.78 Å². The van der Waals surface area contributed by atoms with E-state index in [1.165, 1.54) is 19.2 Å². The Balaban J connectivity index is 1.53. The maximum absolute atomic E-state index is 14.8. The lowest BCUT2D eigenvalue weighted by Gasteiger charge is -2.44. The van der Waals surface area contributed by atoms with Crippen LogP contribution in [-0.4, -0.2) is 80.5 Å². The van der Waals surface area contributed by atoms with Crippen LogP contribution in [0.3, 0.4) is 0 Å². The lowest BCUT2D eigenvalue weighted by Crippen LogP contribution is -2.67. The fourth-order valence-corrected chi connectivity index (χ4v) is 4.55. The number of halogens is 1. The van der Waals surface area contributed by atoms with Gasteiger partial charge in [0.2, 0.25) is 5.88 Å². The normalized spacial score (nSPS) is 24.0. The summed E-state index contributed by atoms with van der Waals surface area (Å²) in [6, 6.07) is 13.0. The number of hydrogen-bond acceptors (Lipinski definition) is 11.